The third kappa shape index (κ3) is 2.76. The minimum Gasteiger partial charge on any atom is -0.480 e. The number of carbonyl (C=O) groups excluding carboxylic acids is 1. The Kier molecular flexibility index (Phi) is 3.57. The Morgan fingerprint density at radius 1 is 1.37 bits per heavy atom. The van der Waals surface area contributed by atoms with Crippen LogP contribution in [0, 0.1) is 0 Å². The molecule has 0 aromatic heterocycles. The summed E-state index contributed by atoms with van der Waals surface area (Å²) >= 11 is 0. The van der Waals surface area contributed by atoms with E-state index in [0.717, 1.165) is 5.56 Å². The number of aliphatic carboxylic acids is 1. The van der Waals surface area contributed by atoms with E-state index in [0.29, 0.717) is 19.4 Å². The Balaban J connectivity index is 2.22. The van der Waals surface area contributed by atoms with E-state index in [1.54, 1.807) is 0 Å². The topological polar surface area (TPSA) is 57.6 Å². The number of carbonyl (C=O) groups is 2. The maximum absolute atomic E-state index is 12.0. The number of quaternary nitrogens is 1. The van der Waals surface area contributed by atoms with E-state index in [2.05, 4.69) is 0 Å². The first kappa shape index (κ1) is 13.5. The van der Waals surface area contributed by atoms with Crippen LogP contribution in [0.1, 0.15) is 18.4 Å². The van der Waals surface area contributed by atoms with Gasteiger partial charge in [-0.2, -0.15) is 5.01 Å². The highest BCUT2D eigenvalue weighted by atomic mass is 16.4. The van der Waals surface area contributed by atoms with Crippen molar-refractivity contribution in [3.05, 3.63) is 35.9 Å². The second kappa shape index (κ2) is 5.01. The van der Waals surface area contributed by atoms with Gasteiger partial charge in [-0.15, -0.1) is 0 Å². The lowest BCUT2D eigenvalue weighted by atomic mass is 10.2. The predicted octanol–water partition coefficient (Wildman–Crippen LogP) is 1.25. The van der Waals surface area contributed by atoms with E-state index in [-0.39, 0.29) is 10.5 Å². The number of hydrogen-bond acceptors (Lipinski definition) is 2. The Morgan fingerprint density at radius 2 is 2.00 bits per heavy atom. The van der Waals surface area contributed by atoms with Crippen LogP contribution in [0.15, 0.2) is 30.3 Å². The lowest BCUT2D eigenvalue weighted by Gasteiger charge is -2.39. The van der Waals surface area contributed by atoms with E-state index in [4.69, 9.17) is 0 Å². The molecule has 1 aliphatic rings. The molecular weight excluding hydrogens is 244 g/mol. The fourth-order valence-electron chi connectivity index (χ4n) is 2.68. The highest BCUT2D eigenvalue weighted by Crippen LogP contribution is 2.26. The predicted molar refractivity (Wildman–Crippen MR) is 69.8 cm³/mol. The summed E-state index contributed by atoms with van der Waals surface area (Å²) in [6.07, 6.45) is 0.706. The van der Waals surface area contributed by atoms with Crippen molar-refractivity contribution in [1.82, 2.24) is 5.01 Å². The Labute approximate surface area is 112 Å². The van der Waals surface area contributed by atoms with Crippen LogP contribution in [-0.2, 0) is 16.1 Å². The highest BCUT2D eigenvalue weighted by molar-refractivity contribution is 5.86. The Bertz CT molecular complexity index is 485. The fourth-order valence-corrected chi connectivity index (χ4v) is 2.68. The summed E-state index contributed by atoms with van der Waals surface area (Å²) in [6.45, 7) is 0.594. The number of benzene rings is 1. The zero-order valence-electron chi connectivity index (χ0n) is 11.2. The standard InChI is InChI=1S/C14H18N2O3/c1-16(2,10-11-6-4-3-5-7-11)15-12(14(18)19)8-9-13(15)17/h3-7,12H,8-10H2,1-2H3/p+1. The van der Waals surface area contributed by atoms with Crippen molar-refractivity contribution in [3.8, 4) is 0 Å². The largest absolute Gasteiger partial charge is 0.480 e. The first-order valence-electron chi connectivity index (χ1n) is 6.34. The van der Waals surface area contributed by atoms with Gasteiger partial charge in [-0.25, -0.2) is 9.39 Å². The monoisotopic (exact) mass is 263 g/mol. The van der Waals surface area contributed by atoms with Gasteiger partial charge in [0.15, 0.2) is 6.04 Å². The van der Waals surface area contributed by atoms with Crippen molar-refractivity contribution >= 4 is 11.9 Å². The van der Waals surface area contributed by atoms with Gasteiger partial charge in [-0.3, -0.25) is 4.79 Å². The SMILES string of the molecule is C[N+](C)(Cc1ccccc1)N1C(=O)CCC1C(=O)O. The summed E-state index contributed by atoms with van der Waals surface area (Å²) < 4.78 is 0.236. The van der Waals surface area contributed by atoms with E-state index >= 15 is 0 Å². The highest BCUT2D eigenvalue weighted by Gasteiger charge is 2.45. The van der Waals surface area contributed by atoms with Crippen LogP contribution in [0.25, 0.3) is 0 Å². The van der Waals surface area contributed by atoms with Crippen LogP contribution in [-0.4, -0.2) is 46.7 Å². The molecule has 1 amide bonds. The molecular formula is C14H19N2O3+. The normalized spacial score (nSPS) is 19.8. The molecule has 1 atom stereocenters. The summed E-state index contributed by atoms with van der Waals surface area (Å²) in [7, 11) is 3.73. The van der Waals surface area contributed by atoms with Gasteiger partial charge in [0.2, 0.25) is 0 Å². The van der Waals surface area contributed by atoms with Gasteiger partial charge in [0, 0.05) is 12.0 Å². The van der Waals surface area contributed by atoms with Gasteiger partial charge in [0.05, 0.1) is 14.1 Å². The second-order valence-corrected chi connectivity index (χ2v) is 5.40. The van der Waals surface area contributed by atoms with Crippen molar-refractivity contribution < 1.29 is 19.3 Å². The smallest absolute Gasteiger partial charge is 0.332 e. The van der Waals surface area contributed by atoms with Crippen LogP contribution < -0.4 is 0 Å². The Hall–Kier alpha value is -1.88. The van der Waals surface area contributed by atoms with E-state index in [1.165, 1.54) is 5.01 Å². The molecule has 1 unspecified atom stereocenters. The van der Waals surface area contributed by atoms with Crippen LogP contribution in [0.3, 0.4) is 0 Å². The average Bonchev–Trinajstić information content (AvgIpc) is 2.73. The van der Waals surface area contributed by atoms with Gasteiger partial charge < -0.3 is 5.11 Å². The molecule has 0 radical (unpaired) electrons. The van der Waals surface area contributed by atoms with Crippen molar-refractivity contribution in [1.29, 1.82) is 0 Å². The molecule has 1 saturated heterocycles. The summed E-state index contributed by atoms with van der Waals surface area (Å²) in [5.41, 5.74) is 1.08. The molecule has 5 nitrogen and oxygen atoms in total. The maximum Gasteiger partial charge on any atom is 0.332 e. The van der Waals surface area contributed by atoms with Gasteiger partial charge in [0.1, 0.15) is 6.54 Å². The minimum atomic E-state index is -0.926. The first-order valence-corrected chi connectivity index (χ1v) is 6.34. The number of amides is 1. The van der Waals surface area contributed by atoms with Gasteiger partial charge in [-0.1, -0.05) is 30.3 Å². The lowest BCUT2D eigenvalue weighted by Crippen LogP contribution is -2.59. The zero-order chi connectivity index (χ0) is 14.0. The van der Waals surface area contributed by atoms with Gasteiger partial charge >= 0.3 is 5.97 Å². The summed E-state index contributed by atoms with van der Waals surface area (Å²) in [6, 6.07) is 9.06. The van der Waals surface area contributed by atoms with Crippen LogP contribution >= 0.6 is 0 Å². The quantitative estimate of drug-likeness (QED) is 0.832. The molecule has 1 N–H and O–H groups in total. The average molecular weight is 263 g/mol. The number of carboxylic acid groups (broad SMARTS) is 1. The first-order chi connectivity index (χ1) is 8.92. The molecule has 102 valence electrons. The third-order valence-electron chi connectivity index (χ3n) is 3.46. The molecule has 1 heterocycles. The van der Waals surface area contributed by atoms with Crippen LogP contribution in [0.5, 0.6) is 0 Å². The molecule has 2 rings (SSSR count). The number of carboxylic acids is 1. The zero-order valence-corrected chi connectivity index (χ0v) is 11.2. The van der Waals surface area contributed by atoms with Crippen molar-refractivity contribution in [2.24, 2.45) is 0 Å². The van der Waals surface area contributed by atoms with Gasteiger partial charge in [-0.05, 0) is 6.42 Å². The van der Waals surface area contributed by atoms with E-state index < -0.39 is 12.0 Å². The molecule has 1 aromatic rings. The minimum absolute atomic E-state index is 0.0895. The number of nitrogens with zero attached hydrogens (tertiary/aromatic N) is 2. The summed E-state index contributed by atoms with van der Waals surface area (Å²) in [5.74, 6) is -1.02. The van der Waals surface area contributed by atoms with E-state index in [1.807, 2.05) is 44.4 Å². The van der Waals surface area contributed by atoms with E-state index in [9.17, 15) is 14.7 Å². The molecule has 0 spiro atoms. The Morgan fingerprint density at radius 3 is 2.58 bits per heavy atom. The second-order valence-electron chi connectivity index (χ2n) is 5.40. The molecule has 1 aromatic carbocycles. The molecule has 1 aliphatic heterocycles. The molecule has 0 bridgehead atoms. The summed E-state index contributed by atoms with van der Waals surface area (Å²) in [5, 5.41) is 10.7. The molecule has 0 saturated carbocycles. The number of hydrogen-bond donors (Lipinski definition) is 1. The fraction of sp³-hybridized carbons (Fsp3) is 0.429. The molecule has 1 fully saturated rings. The van der Waals surface area contributed by atoms with Gasteiger partial charge in [0.25, 0.3) is 5.91 Å². The molecule has 19 heavy (non-hydrogen) atoms. The van der Waals surface area contributed by atoms with Crippen molar-refractivity contribution in [3.63, 3.8) is 0 Å². The summed E-state index contributed by atoms with van der Waals surface area (Å²) in [4.78, 5) is 23.2. The third-order valence-corrected chi connectivity index (χ3v) is 3.46. The molecule has 0 aliphatic carbocycles. The van der Waals surface area contributed by atoms with Crippen LogP contribution in [0.2, 0.25) is 0 Å². The number of rotatable bonds is 4. The maximum atomic E-state index is 12.0. The van der Waals surface area contributed by atoms with Crippen molar-refractivity contribution in [2.45, 2.75) is 25.4 Å². The molecule has 5 heteroatoms. The van der Waals surface area contributed by atoms with Crippen LogP contribution in [0.4, 0.5) is 0 Å². The van der Waals surface area contributed by atoms with Crippen molar-refractivity contribution in [2.75, 3.05) is 14.1 Å². The lowest BCUT2D eigenvalue weighted by molar-refractivity contribution is -1.00.